The predicted octanol–water partition coefficient (Wildman–Crippen LogP) is 3.20. The van der Waals surface area contributed by atoms with E-state index in [0.29, 0.717) is 30.2 Å². The number of nitrogens with zero attached hydrogens (tertiary/aromatic N) is 1. The van der Waals surface area contributed by atoms with E-state index in [-0.39, 0.29) is 18.0 Å². The number of carbonyl (C=O) groups excluding carboxylic acids is 2. The molecule has 172 valence electrons. The van der Waals surface area contributed by atoms with Crippen molar-refractivity contribution < 1.29 is 28.5 Å². The molecule has 3 atom stereocenters. The fraction of sp³-hybridized carbons (Fsp3) is 0.417. The van der Waals surface area contributed by atoms with E-state index >= 15 is 0 Å². The summed E-state index contributed by atoms with van der Waals surface area (Å²) in [6.45, 7) is 2.28. The monoisotopic (exact) mass is 442 g/mol. The van der Waals surface area contributed by atoms with Gasteiger partial charge in [0.15, 0.2) is 11.5 Å². The molecule has 0 radical (unpaired) electrons. The van der Waals surface area contributed by atoms with Crippen molar-refractivity contribution in [1.29, 1.82) is 0 Å². The number of amides is 2. The molecule has 1 N–H and O–H groups in total. The molecule has 0 spiro atoms. The standard InChI is InChI=1S/C24H30N2O6/c1-15-20(23(27)32-5)21(17-9-7-6-8-10-17)25-24(28)26(15)12-11-16-13-18(29-2)22(31-4)19(14-16)30-3/h6-10,13-15,20-21H,11-12H2,1-5H3,(H,25,28)/t15-,20+,21-/m1/s1. The SMILES string of the molecule is COC(=O)[C@@H]1[C@@H](c2ccccc2)NC(=O)N(CCc2cc(OC)c(OC)c(OC)c2)[C@@H]1C. The molecule has 2 aromatic rings. The van der Waals surface area contributed by atoms with Gasteiger partial charge in [-0.1, -0.05) is 30.3 Å². The summed E-state index contributed by atoms with van der Waals surface area (Å²) in [5.41, 5.74) is 1.78. The molecule has 0 saturated carbocycles. The summed E-state index contributed by atoms with van der Waals surface area (Å²) in [4.78, 5) is 27.4. The molecule has 1 aliphatic rings. The number of urea groups is 1. The maximum atomic E-state index is 13.0. The van der Waals surface area contributed by atoms with Crippen molar-refractivity contribution in [2.75, 3.05) is 35.0 Å². The predicted molar refractivity (Wildman–Crippen MR) is 119 cm³/mol. The summed E-state index contributed by atoms with van der Waals surface area (Å²) in [6, 6.07) is 12.2. The van der Waals surface area contributed by atoms with Gasteiger partial charge in [0.05, 0.1) is 34.5 Å². The van der Waals surface area contributed by atoms with Crippen LogP contribution in [0.1, 0.15) is 24.1 Å². The van der Waals surface area contributed by atoms with Gasteiger partial charge in [-0.15, -0.1) is 0 Å². The zero-order valence-corrected chi connectivity index (χ0v) is 19.1. The van der Waals surface area contributed by atoms with Gasteiger partial charge in [0.25, 0.3) is 0 Å². The normalized spacial score (nSPS) is 20.3. The summed E-state index contributed by atoms with van der Waals surface area (Å²) in [5.74, 6) is 0.715. The first-order valence-electron chi connectivity index (χ1n) is 10.4. The Morgan fingerprint density at radius 3 is 2.16 bits per heavy atom. The number of hydrogen-bond donors (Lipinski definition) is 1. The number of benzene rings is 2. The Bertz CT molecular complexity index is 924. The van der Waals surface area contributed by atoms with Gasteiger partial charge in [-0.25, -0.2) is 4.79 Å². The molecule has 0 unspecified atom stereocenters. The van der Waals surface area contributed by atoms with E-state index in [1.807, 2.05) is 49.4 Å². The average molecular weight is 443 g/mol. The molecule has 1 aliphatic heterocycles. The summed E-state index contributed by atoms with van der Waals surface area (Å²) >= 11 is 0. The van der Waals surface area contributed by atoms with Crippen LogP contribution in [-0.2, 0) is 16.0 Å². The van der Waals surface area contributed by atoms with E-state index in [2.05, 4.69) is 5.32 Å². The van der Waals surface area contributed by atoms with Crippen LogP contribution in [0.4, 0.5) is 4.79 Å². The third kappa shape index (κ3) is 4.59. The Hall–Kier alpha value is -3.42. The molecule has 0 aromatic heterocycles. The second-order valence-electron chi connectivity index (χ2n) is 7.60. The van der Waals surface area contributed by atoms with Crippen molar-refractivity contribution in [2.45, 2.75) is 25.4 Å². The fourth-order valence-electron chi connectivity index (χ4n) is 4.22. The lowest BCUT2D eigenvalue weighted by atomic mass is 9.85. The minimum Gasteiger partial charge on any atom is -0.493 e. The Balaban J connectivity index is 1.83. The van der Waals surface area contributed by atoms with Crippen molar-refractivity contribution in [1.82, 2.24) is 10.2 Å². The second kappa shape index (κ2) is 10.3. The number of hydrogen-bond acceptors (Lipinski definition) is 6. The number of carbonyl (C=O) groups is 2. The molecule has 32 heavy (non-hydrogen) atoms. The maximum Gasteiger partial charge on any atom is 0.318 e. The Morgan fingerprint density at radius 2 is 1.62 bits per heavy atom. The molecule has 2 aromatic carbocycles. The zero-order chi connectivity index (χ0) is 23.3. The van der Waals surface area contributed by atoms with Gasteiger partial charge >= 0.3 is 12.0 Å². The zero-order valence-electron chi connectivity index (χ0n) is 19.1. The Kier molecular flexibility index (Phi) is 7.45. The summed E-state index contributed by atoms with van der Waals surface area (Å²) in [5, 5.41) is 2.99. The molecular formula is C24H30N2O6. The van der Waals surface area contributed by atoms with Crippen molar-refractivity contribution in [3.63, 3.8) is 0 Å². The smallest absolute Gasteiger partial charge is 0.318 e. The fourth-order valence-corrected chi connectivity index (χ4v) is 4.22. The number of methoxy groups -OCH3 is 4. The first-order chi connectivity index (χ1) is 15.4. The molecule has 0 aliphatic carbocycles. The van der Waals surface area contributed by atoms with Crippen molar-refractivity contribution in [2.24, 2.45) is 5.92 Å². The highest BCUT2D eigenvalue weighted by Crippen LogP contribution is 2.39. The van der Waals surface area contributed by atoms with Gasteiger partial charge < -0.3 is 29.2 Å². The van der Waals surface area contributed by atoms with E-state index in [4.69, 9.17) is 18.9 Å². The molecule has 1 saturated heterocycles. The van der Waals surface area contributed by atoms with Gasteiger partial charge in [0, 0.05) is 12.6 Å². The Labute approximate surface area is 188 Å². The number of esters is 1. The number of ether oxygens (including phenoxy) is 4. The molecule has 0 bridgehead atoms. The van der Waals surface area contributed by atoms with Gasteiger partial charge in [-0.05, 0) is 36.6 Å². The van der Waals surface area contributed by atoms with Gasteiger partial charge in [-0.3, -0.25) is 4.79 Å². The van der Waals surface area contributed by atoms with Crippen LogP contribution in [0.2, 0.25) is 0 Å². The average Bonchev–Trinajstić information content (AvgIpc) is 2.82. The minimum absolute atomic E-state index is 0.223. The van der Waals surface area contributed by atoms with Gasteiger partial charge in [-0.2, -0.15) is 0 Å². The van der Waals surface area contributed by atoms with Crippen LogP contribution in [0.5, 0.6) is 17.2 Å². The van der Waals surface area contributed by atoms with Crippen LogP contribution in [0.15, 0.2) is 42.5 Å². The van der Waals surface area contributed by atoms with Crippen LogP contribution < -0.4 is 19.5 Å². The largest absolute Gasteiger partial charge is 0.493 e. The van der Waals surface area contributed by atoms with Gasteiger partial charge in [0.1, 0.15) is 5.92 Å². The highest BCUT2D eigenvalue weighted by molar-refractivity contribution is 5.82. The third-order valence-electron chi connectivity index (χ3n) is 5.91. The van der Waals surface area contributed by atoms with Gasteiger partial charge in [0.2, 0.25) is 5.75 Å². The third-order valence-corrected chi connectivity index (χ3v) is 5.91. The molecule has 2 amide bonds. The van der Waals surface area contributed by atoms with E-state index < -0.39 is 12.0 Å². The number of rotatable bonds is 8. The quantitative estimate of drug-likeness (QED) is 0.632. The Morgan fingerprint density at radius 1 is 1.00 bits per heavy atom. The van der Waals surface area contributed by atoms with E-state index in [1.165, 1.54) is 7.11 Å². The van der Waals surface area contributed by atoms with Crippen LogP contribution in [0.3, 0.4) is 0 Å². The minimum atomic E-state index is -0.542. The van der Waals surface area contributed by atoms with Crippen LogP contribution in [0, 0.1) is 5.92 Å². The maximum absolute atomic E-state index is 13.0. The van der Waals surface area contributed by atoms with Crippen LogP contribution in [0.25, 0.3) is 0 Å². The van der Waals surface area contributed by atoms with Crippen molar-refractivity contribution >= 4 is 12.0 Å². The molecular weight excluding hydrogens is 412 g/mol. The highest BCUT2D eigenvalue weighted by atomic mass is 16.5. The second-order valence-corrected chi connectivity index (χ2v) is 7.60. The molecule has 1 heterocycles. The van der Waals surface area contributed by atoms with Crippen LogP contribution in [-0.4, -0.2) is 57.9 Å². The van der Waals surface area contributed by atoms with E-state index in [0.717, 1.165) is 11.1 Å². The summed E-state index contributed by atoms with van der Waals surface area (Å²) in [7, 11) is 6.04. The topological polar surface area (TPSA) is 86.3 Å². The summed E-state index contributed by atoms with van der Waals surface area (Å²) in [6.07, 6.45) is 0.540. The van der Waals surface area contributed by atoms with E-state index in [9.17, 15) is 9.59 Å². The molecule has 1 fully saturated rings. The molecule has 8 nitrogen and oxygen atoms in total. The summed E-state index contributed by atoms with van der Waals surface area (Å²) < 4.78 is 21.3. The lowest BCUT2D eigenvalue weighted by Gasteiger charge is -2.43. The molecule has 8 heteroatoms. The van der Waals surface area contributed by atoms with Crippen molar-refractivity contribution in [3.05, 3.63) is 53.6 Å². The van der Waals surface area contributed by atoms with Crippen LogP contribution >= 0.6 is 0 Å². The van der Waals surface area contributed by atoms with E-state index in [1.54, 1.807) is 26.2 Å². The first-order valence-corrected chi connectivity index (χ1v) is 10.4. The molecule has 3 rings (SSSR count). The number of nitrogens with one attached hydrogen (secondary N) is 1. The highest BCUT2D eigenvalue weighted by Gasteiger charge is 2.44. The lowest BCUT2D eigenvalue weighted by molar-refractivity contribution is -0.149. The first kappa shape index (κ1) is 23.2. The van der Waals surface area contributed by atoms with Crippen molar-refractivity contribution in [3.8, 4) is 17.2 Å². The lowest BCUT2D eigenvalue weighted by Crippen LogP contribution is -2.60.